The molecule has 4 nitrogen and oxygen atoms in total. The highest BCUT2D eigenvalue weighted by Crippen LogP contribution is 2.33. The Kier molecular flexibility index (Phi) is 3.01. The zero-order valence-electron chi connectivity index (χ0n) is 9.35. The fourth-order valence-corrected chi connectivity index (χ4v) is 2.55. The number of hydrogen-bond acceptors (Lipinski definition) is 3. The van der Waals surface area contributed by atoms with Gasteiger partial charge in [-0.3, -0.25) is 0 Å². The third-order valence-corrected chi connectivity index (χ3v) is 3.18. The van der Waals surface area contributed by atoms with Crippen molar-refractivity contribution < 1.29 is 9.50 Å². The van der Waals surface area contributed by atoms with Crippen molar-refractivity contribution in [1.29, 1.82) is 0 Å². The normalized spacial score (nSPS) is 14.6. The van der Waals surface area contributed by atoms with Crippen LogP contribution in [0.1, 0.15) is 18.2 Å². The first-order chi connectivity index (χ1) is 7.94. The smallest absolute Gasteiger partial charge is 0.154 e. The van der Waals surface area contributed by atoms with Crippen LogP contribution >= 0.6 is 15.9 Å². The summed E-state index contributed by atoms with van der Waals surface area (Å²) in [7, 11) is 1.64. The van der Waals surface area contributed by atoms with E-state index in [4.69, 9.17) is 0 Å². The average Bonchev–Trinajstić information content (AvgIpc) is 2.59. The molecule has 0 aliphatic rings. The summed E-state index contributed by atoms with van der Waals surface area (Å²) in [4.78, 5) is 0. The number of hydrogen-bond donors (Lipinski definition) is 1. The molecule has 0 radical (unpaired) electrons. The fraction of sp³-hybridized carbons (Fsp3) is 0.273. The van der Waals surface area contributed by atoms with E-state index < -0.39 is 11.4 Å². The van der Waals surface area contributed by atoms with Crippen LogP contribution in [0.3, 0.4) is 0 Å². The van der Waals surface area contributed by atoms with Gasteiger partial charge < -0.3 is 5.11 Å². The highest BCUT2D eigenvalue weighted by Gasteiger charge is 2.34. The largest absolute Gasteiger partial charge is 0.379 e. The van der Waals surface area contributed by atoms with E-state index >= 15 is 0 Å². The minimum atomic E-state index is -1.50. The molecule has 6 heteroatoms. The second kappa shape index (κ2) is 4.19. The summed E-state index contributed by atoms with van der Waals surface area (Å²) < 4.78 is 15.5. The summed E-state index contributed by atoms with van der Waals surface area (Å²) in [6.07, 6.45) is 0. The number of nitrogens with zero attached hydrogens (tertiary/aromatic N) is 3. The van der Waals surface area contributed by atoms with Gasteiger partial charge in [-0.25, -0.2) is 9.07 Å². The summed E-state index contributed by atoms with van der Waals surface area (Å²) in [6.45, 7) is 1.51. The van der Waals surface area contributed by atoms with E-state index in [0.717, 1.165) is 0 Å². The van der Waals surface area contributed by atoms with Gasteiger partial charge in [0.1, 0.15) is 17.1 Å². The van der Waals surface area contributed by atoms with Gasteiger partial charge in [-0.15, -0.1) is 5.10 Å². The molecule has 0 aliphatic carbocycles. The second-order valence-corrected chi connectivity index (χ2v) is 4.66. The molecule has 2 aromatic rings. The molecular weight excluding hydrogens is 289 g/mol. The summed E-state index contributed by atoms with van der Waals surface area (Å²) in [5.41, 5.74) is -0.906. The quantitative estimate of drug-likeness (QED) is 0.922. The number of rotatable bonds is 2. The maximum Gasteiger partial charge on any atom is 0.154 e. The minimum absolute atomic E-state index is 0.186. The zero-order chi connectivity index (χ0) is 12.6. The third-order valence-electron chi connectivity index (χ3n) is 2.65. The maximum absolute atomic E-state index is 13.7. The van der Waals surface area contributed by atoms with Gasteiger partial charge in [0.25, 0.3) is 0 Å². The van der Waals surface area contributed by atoms with Crippen molar-refractivity contribution in [2.45, 2.75) is 12.5 Å². The molecule has 1 unspecified atom stereocenters. The summed E-state index contributed by atoms with van der Waals surface area (Å²) in [5, 5.41) is 18.1. The van der Waals surface area contributed by atoms with Crippen molar-refractivity contribution in [1.82, 2.24) is 15.0 Å². The molecule has 2 rings (SSSR count). The lowest BCUT2D eigenvalue weighted by atomic mass is 9.92. The summed E-state index contributed by atoms with van der Waals surface area (Å²) >= 11 is 3.20. The highest BCUT2D eigenvalue weighted by molar-refractivity contribution is 9.10. The van der Waals surface area contributed by atoms with Gasteiger partial charge in [0.15, 0.2) is 4.60 Å². The number of halogens is 2. The number of aryl methyl sites for hydroxylation is 1. The molecule has 0 amide bonds. The highest BCUT2D eigenvalue weighted by atomic mass is 79.9. The van der Waals surface area contributed by atoms with E-state index in [-0.39, 0.29) is 5.56 Å². The summed E-state index contributed by atoms with van der Waals surface area (Å²) in [5.74, 6) is -0.467. The molecule has 17 heavy (non-hydrogen) atoms. The number of benzene rings is 1. The van der Waals surface area contributed by atoms with E-state index in [0.29, 0.717) is 10.3 Å². The molecule has 0 fully saturated rings. The molecular formula is C11H11BrFN3O. The molecule has 1 aromatic carbocycles. The van der Waals surface area contributed by atoms with Crippen molar-refractivity contribution in [2.24, 2.45) is 7.05 Å². The van der Waals surface area contributed by atoms with Gasteiger partial charge in [-0.2, -0.15) is 0 Å². The van der Waals surface area contributed by atoms with Gasteiger partial charge in [0.2, 0.25) is 0 Å². The predicted molar refractivity (Wildman–Crippen MR) is 63.8 cm³/mol. The van der Waals surface area contributed by atoms with Crippen LogP contribution in [0, 0.1) is 5.82 Å². The Morgan fingerprint density at radius 3 is 2.59 bits per heavy atom. The number of aromatic nitrogens is 3. The number of aliphatic hydroxyl groups is 1. The Morgan fingerprint density at radius 1 is 1.41 bits per heavy atom. The van der Waals surface area contributed by atoms with E-state index in [1.165, 1.54) is 23.7 Å². The van der Waals surface area contributed by atoms with Crippen LogP contribution in [0.2, 0.25) is 0 Å². The molecule has 0 bridgehead atoms. The average molecular weight is 300 g/mol. The van der Waals surface area contributed by atoms with E-state index in [9.17, 15) is 9.50 Å². The van der Waals surface area contributed by atoms with E-state index in [1.807, 2.05) is 0 Å². The molecule has 0 aliphatic heterocycles. The standard InChI is InChI=1S/C11H11BrFN3O/c1-11(17,7-5-3-4-6-8(7)13)9-10(12)14-15-16(9)2/h3-6,17H,1-2H3. The molecule has 0 saturated heterocycles. The van der Waals surface area contributed by atoms with Crippen LogP contribution in [-0.2, 0) is 12.6 Å². The third kappa shape index (κ3) is 1.98. The van der Waals surface area contributed by atoms with Crippen LogP contribution in [0.4, 0.5) is 4.39 Å². The molecule has 0 spiro atoms. The molecule has 0 saturated carbocycles. The Hall–Kier alpha value is -1.27. The maximum atomic E-state index is 13.7. The summed E-state index contributed by atoms with van der Waals surface area (Å²) in [6, 6.07) is 6.09. The van der Waals surface area contributed by atoms with Gasteiger partial charge in [-0.1, -0.05) is 23.4 Å². The minimum Gasteiger partial charge on any atom is -0.379 e. The van der Waals surface area contributed by atoms with Gasteiger partial charge in [0, 0.05) is 12.6 Å². The lowest BCUT2D eigenvalue weighted by Gasteiger charge is -2.24. The Balaban J connectivity index is 2.62. The van der Waals surface area contributed by atoms with E-state index in [2.05, 4.69) is 26.2 Å². The molecule has 1 heterocycles. The van der Waals surface area contributed by atoms with Crippen molar-refractivity contribution in [2.75, 3.05) is 0 Å². The first-order valence-electron chi connectivity index (χ1n) is 4.97. The lowest BCUT2D eigenvalue weighted by molar-refractivity contribution is 0.0880. The monoisotopic (exact) mass is 299 g/mol. The van der Waals surface area contributed by atoms with Crippen molar-refractivity contribution in [3.8, 4) is 0 Å². The van der Waals surface area contributed by atoms with Gasteiger partial charge in [-0.05, 0) is 28.9 Å². The van der Waals surface area contributed by atoms with Gasteiger partial charge >= 0.3 is 0 Å². The molecule has 90 valence electrons. The molecule has 1 aromatic heterocycles. The van der Waals surface area contributed by atoms with E-state index in [1.54, 1.807) is 19.2 Å². The molecule has 1 atom stereocenters. The van der Waals surface area contributed by atoms with Crippen molar-refractivity contribution in [3.63, 3.8) is 0 Å². The fourth-order valence-electron chi connectivity index (χ4n) is 1.83. The van der Waals surface area contributed by atoms with Crippen LogP contribution < -0.4 is 0 Å². The predicted octanol–water partition coefficient (Wildman–Crippen LogP) is 1.97. The van der Waals surface area contributed by atoms with Crippen LogP contribution in [0.15, 0.2) is 28.9 Å². The zero-order valence-corrected chi connectivity index (χ0v) is 10.9. The molecule has 1 N–H and O–H groups in total. The Morgan fingerprint density at radius 2 is 2.06 bits per heavy atom. The Labute approximate surface area is 106 Å². The van der Waals surface area contributed by atoms with Gasteiger partial charge in [0.05, 0.1) is 0 Å². The first kappa shape index (κ1) is 12.2. The van der Waals surface area contributed by atoms with Crippen molar-refractivity contribution >= 4 is 15.9 Å². The van der Waals surface area contributed by atoms with Crippen LogP contribution in [-0.4, -0.2) is 20.1 Å². The lowest BCUT2D eigenvalue weighted by Crippen LogP contribution is -2.27. The first-order valence-corrected chi connectivity index (χ1v) is 5.77. The second-order valence-electron chi connectivity index (χ2n) is 3.90. The Bertz CT molecular complexity index is 534. The van der Waals surface area contributed by atoms with Crippen LogP contribution in [0.25, 0.3) is 0 Å². The van der Waals surface area contributed by atoms with Crippen LogP contribution in [0.5, 0.6) is 0 Å². The SMILES string of the molecule is Cn1nnc(Br)c1C(C)(O)c1ccccc1F. The van der Waals surface area contributed by atoms with Crippen molar-refractivity contribution in [3.05, 3.63) is 45.9 Å². The topological polar surface area (TPSA) is 50.9 Å².